The molecule has 0 aromatic heterocycles. The molecule has 1 aromatic carbocycles. The van der Waals surface area contributed by atoms with Crippen LogP contribution < -0.4 is 5.32 Å². The fourth-order valence-corrected chi connectivity index (χ4v) is 2.11. The lowest BCUT2D eigenvalue weighted by molar-refractivity contribution is 0.132. The number of ether oxygens (including phenoxy) is 1. The summed E-state index contributed by atoms with van der Waals surface area (Å²) >= 11 is 0. The van der Waals surface area contributed by atoms with Gasteiger partial charge in [-0.1, -0.05) is 12.1 Å². The molecule has 2 N–H and O–H groups in total. The summed E-state index contributed by atoms with van der Waals surface area (Å²) in [5.41, 5.74) is 0.732. The molecule has 100 valence electrons. The number of hydrogen-bond acceptors (Lipinski definition) is 3. The van der Waals surface area contributed by atoms with Crippen LogP contribution in [0.3, 0.4) is 0 Å². The Kier molecular flexibility index (Phi) is 4.69. The molecule has 3 nitrogen and oxygen atoms in total. The van der Waals surface area contributed by atoms with Gasteiger partial charge in [-0.25, -0.2) is 4.39 Å². The number of halogens is 1. The minimum atomic E-state index is -0.608. The second-order valence-corrected chi connectivity index (χ2v) is 4.87. The average Bonchev–Trinajstić information content (AvgIpc) is 3.19. The number of aliphatic hydroxyl groups is 1. The Morgan fingerprint density at radius 3 is 2.61 bits per heavy atom. The molecule has 1 saturated carbocycles. The van der Waals surface area contributed by atoms with Crippen LogP contribution in [0.1, 0.15) is 24.5 Å². The summed E-state index contributed by atoms with van der Waals surface area (Å²) in [4.78, 5) is 0. The Bertz CT molecular complexity index is 365. The second-order valence-electron chi connectivity index (χ2n) is 4.87. The summed E-state index contributed by atoms with van der Waals surface area (Å²) in [5.74, 6) is 0.388. The van der Waals surface area contributed by atoms with E-state index in [4.69, 9.17) is 4.74 Å². The molecule has 2 unspecified atom stereocenters. The van der Waals surface area contributed by atoms with Crippen LogP contribution >= 0.6 is 0 Å². The zero-order valence-corrected chi connectivity index (χ0v) is 10.6. The van der Waals surface area contributed by atoms with Gasteiger partial charge in [0.25, 0.3) is 0 Å². The van der Waals surface area contributed by atoms with Crippen molar-refractivity contribution >= 4 is 0 Å². The zero-order valence-electron chi connectivity index (χ0n) is 10.6. The smallest absolute Gasteiger partial charge is 0.123 e. The number of aliphatic hydroxyl groups excluding tert-OH is 1. The number of nitrogens with one attached hydrogen (secondary N) is 1. The van der Waals surface area contributed by atoms with E-state index >= 15 is 0 Å². The highest BCUT2D eigenvalue weighted by Crippen LogP contribution is 2.32. The van der Waals surface area contributed by atoms with Gasteiger partial charge in [0, 0.05) is 19.7 Å². The van der Waals surface area contributed by atoms with Crippen LogP contribution in [0, 0.1) is 11.7 Å². The van der Waals surface area contributed by atoms with Crippen LogP contribution in [0.4, 0.5) is 4.39 Å². The van der Waals surface area contributed by atoms with E-state index in [0.29, 0.717) is 25.1 Å². The van der Waals surface area contributed by atoms with Crippen molar-refractivity contribution < 1.29 is 14.2 Å². The van der Waals surface area contributed by atoms with Crippen molar-refractivity contribution in [2.45, 2.75) is 25.0 Å². The molecular formula is C14H20FNO2. The maximum atomic E-state index is 12.8. The van der Waals surface area contributed by atoms with Gasteiger partial charge in [-0.2, -0.15) is 0 Å². The van der Waals surface area contributed by atoms with Gasteiger partial charge in [-0.15, -0.1) is 0 Å². The third-order valence-electron chi connectivity index (χ3n) is 3.37. The highest BCUT2D eigenvalue weighted by atomic mass is 19.1. The molecule has 0 heterocycles. The first kappa shape index (κ1) is 13.5. The summed E-state index contributed by atoms with van der Waals surface area (Å²) in [7, 11) is 1.69. The minimum Gasteiger partial charge on any atom is -0.387 e. The Morgan fingerprint density at radius 2 is 2.06 bits per heavy atom. The lowest BCUT2D eigenvalue weighted by Crippen LogP contribution is -2.37. The molecule has 1 aliphatic carbocycles. The summed E-state index contributed by atoms with van der Waals surface area (Å²) < 4.78 is 17.9. The largest absolute Gasteiger partial charge is 0.387 e. The highest BCUT2D eigenvalue weighted by molar-refractivity contribution is 5.18. The number of rotatable bonds is 7. The molecule has 1 aromatic rings. The molecule has 4 heteroatoms. The molecule has 0 radical (unpaired) electrons. The summed E-state index contributed by atoms with van der Waals surface area (Å²) in [5, 5.41) is 13.3. The number of methoxy groups -OCH3 is 1. The van der Waals surface area contributed by atoms with Crippen LogP contribution in [0.25, 0.3) is 0 Å². The fraction of sp³-hybridized carbons (Fsp3) is 0.571. The van der Waals surface area contributed by atoms with E-state index in [1.54, 1.807) is 19.2 Å². The van der Waals surface area contributed by atoms with Crippen molar-refractivity contribution in [1.82, 2.24) is 5.32 Å². The van der Waals surface area contributed by atoms with Gasteiger partial charge < -0.3 is 15.2 Å². The quantitative estimate of drug-likeness (QED) is 0.779. The third-order valence-corrected chi connectivity index (χ3v) is 3.37. The summed E-state index contributed by atoms with van der Waals surface area (Å²) in [6, 6.07) is 6.27. The van der Waals surface area contributed by atoms with Gasteiger partial charge in [0.2, 0.25) is 0 Å². The molecule has 0 bridgehead atoms. The highest BCUT2D eigenvalue weighted by Gasteiger charge is 2.31. The van der Waals surface area contributed by atoms with Gasteiger partial charge in [0.05, 0.1) is 12.7 Å². The number of hydrogen-bond donors (Lipinski definition) is 2. The Hall–Kier alpha value is -0.970. The molecule has 0 amide bonds. The topological polar surface area (TPSA) is 41.5 Å². The van der Waals surface area contributed by atoms with Gasteiger partial charge >= 0.3 is 0 Å². The Morgan fingerprint density at radius 1 is 1.39 bits per heavy atom. The van der Waals surface area contributed by atoms with E-state index in [-0.39, 0.29) is 5.82 Å². The third kappa shape index (κ3) is 3.77. The van der Waals surface area contributed by atoms with E-state index in [2.05, 4.69) is 5.32 Å². The molecule has 18 heavy (non-hydrogen) atoms. The van der Waals surface area contributed by atoms with Gasteiger partial charge in [0.1, 0.15) is 5.82 Å². The predicted octanol–water partition coefficient (Wildman–Crippen LogP) is 1.87. The lowest BCUT2D eigenvalue weighted by Gasteiger charge is -2.20. The van der Waals surface area contributed by atoms with Gasteiger partial charge in [-0.3, -0.25) is 0 Å². The molecule has 2 rings (SSSR count). The van der Waals surface area contributed by atoms with E-state index in [9.17, 15) is 9.50 Å². The first-order valence-electron chi connectivity index (χ1n) is 6.36. The molecule has 0 aliphatic heterocycles. The van der Waals surface area contributed by atoms with Gasteiger partial charge in [0.15, 0.2) is 0 Å². The van der Waals surface area contributed by atoms with Crippen molar-refractivity contribution in [1.29, 1.82) is 0 Å². The normalized spacial score (nSPS) is 18.6. The average molecular weight is 253 g/mol. The minimum absolute atomic E-state index is 0.283. The van der Waals surface area contributed by atoms with Crippen molar-refractivity contribution in [2.24, 2.45) is 5.92 Å². The Labute approximate surface area is 107 Å². The summed E-state index contributed by atoms with van der Waals surface area (Å²) in [6.45, 7) is 1.14. The molecule has 2 atom stereocenters. The predicted molar refractivity (Wildman–Crippen MR) is 67.8 cm³/mol. The fourth-order valence-electron chi connectivity index (χ4n) is 2.11. The van der Waals surface area contributed by atoms with Gasteiger partial charge in [-0.05, 0) is 36.5 Å². The van der Waals surface area contributed by atoms with Crippen LogP contribution in [-0.4, -0.2) is 31.4 Å². The Balaban J connectivity index is 1.82. The molecule has 0 saturated heterocycles. The molecular weight excluding hydrogens is 233 g/mol. The molecule has 1 aliphatic rings. The van der Waals surface area contributed by atoms with Crippen LogP contribution in [0.5, 0.6) is 0 Å². The van der Waals surface area contributed by atoms with E-state index in [1.165, 1.54) is 25.0 Å². The standard InChI is InChI=1S/C14H20FNO2/c1-18-9-13(10-2-3-10)16-8-14(17)11-4-6-12(15)7-5-11/h4-7,10,13-14,16-17H,2-3,8-9H2,1H3. The zero-order chi connectivity index (χ0) is 13.0. The summed E-state index contributed by atoms with van der Waals surface area (Å²) in [6.07, 6.45) is 1.85. The second kappa shape index (κ2) is 6.27. The van der Waals surface area contributed by atoms with E-state index in [0.717, 1.165) is 5.56 Å². The van der Waals surface area contributed by atoms with Crippen molar-refractivity contribution in [2.75, 3.05) is 20.3 Å². The SMILES string of the molecule is COCC(NCC(O)c1ccc(F)cc1)C1CC1. The molecule has 0 spiro atoms. The monoisotopic (exact) mass is 253 g/mol. The maximum absolute atomic E-state index is 12.8. The van der Waals surface area contributed by atoms with E-state index < -0.39 is 6.10 Å². The van der Waals surface area contributed by atoms with Crippen molar-refractivity contribution in [3.8, 4) is 0 Å². The maximum Gasteiger partial charge on any atom is 0.123 e. The van der Waals surface area contributed by atoms with Crippen LogP contribution in [0.2, 0.25) is 0 Å². The van der Waals surface area contributed by atoms with E-state index in [1.807, 2.05) is 0 Å². The molecule has 1 fully saturated rings. The number of benzene rings is 1. The van der Waals surface area contributed by atoms with Crippen molar-refractivity contribution in [3.63, 3.8) is 0 Å². The van der Waals surface area contributed by atoms with Crippen LogP contribution in [0.15, 0.2) is 24.3 Å². The first-order chi connectivity index (χ1) is 8.70. The lowest BCUT2D eigenvalue weighted by atomic mass is 10.1. The van der Waals surface area contributed by atoms with Crippen LogP contribution in [-0.2, 0) is 4.74 Å². The van der Waals surface area contributed by atoms with Crippen molar-refractivity contribution in [3.05, 3.63) is 35.6 Å². The first-order valence-corrected chi connectivity index (χ1v) is 6.36.